The molecule has 0 radical (unpaired) electrons. The predicted molar refractivity (Wildman–Crippen MR) is 77.0 cm³/mol. The van der Waals surface area contributed by atoms with Gasteiger partial charge in [0.05, 0.1) is 5.52 Å². The number of aromatic nitrogens is 1. The van der Waals surface area contributed by atoms with E-state index in [1.165, 1.54) is 0 Å². The Morgan fingerprint density at radius 1 is 1.00 bits per heavy atom. The molecule has 2 aromatic carbocycles. The SMILES string of the molecule is Cc1cc2c(cc1O)C(=O)c1cccc3nccc-2c13. The molecule has 0 spiro atoms. The molecule has 0 unspecified atom stereocenters. The van der Waals surface area contributed by atoms with E-state index >= 15 is 0 Å². The number of fused-ring (bicyclic) bond motifs is 2. The summed E-state index contributed by atoms with van der Waals surface area (Å²) in [5.41, 5.74) is 4.67. The van der Waals surface area contributed by atoms with Crippen molar-refractivity contribution in [3.63, 3.8) is 0 Å². The lowest BCUT2D eigenvalue weighted by atomic mass is 9.83. The molecule has 1 aliphatic carbocycles. The van der Waals surface area contributed by atoms with Gasteiger partial charge in [0.1, 0.15) is 5.75 Å². The summed E-state index contributed by atoms with van der Waals surface area (Å²) >= 11 is 0. The fraction of sp³-hybridized carbons (Fsp3) is 0.0588. The standard InChI is InChI=1S/C17H11NO2/c1-9-7-12-10-5-6-18-14-4-2-3-11(16(10)14)17(20)13(12)8-15(9)19/h2-8,19H,1H3. The van der Waals surface area contributed by atoms with Gasteiger partial charge in [-0.1, -0.05) is 12.1 Å². The maximum atomic E-state index is 12.6. The summed E-state index contributed by atoms with van der Waals surface area (Å²) in [5, 5.41) is 10.8. The van der Waals surface area contributed by atoms with Gasteiger partial charge in [0.15, 0.2) is 5.78 Å². The minimum atomic E-state index is -0.0543. The first-order valence-electron chi connectivity index (χ1n) is 6.43. The molecular formula is C17H11NO2. The van der Waals surface area contributed by atoms with Gasteiger partial charge in [-0.05, 0) is 47.9 Å². The van der Waals surface area contributed by atoms with Crippen LogP contribution < -0.4 is 0 Å². The molecular weight excluding hydrogens is 250 g/mol. The zero-order valence-electron chi connectivity index (χ0n) is 10.8. The van der Waals surface area contributed by atoms with Gasteiger partial charge in [-0.15, -0.1) is 0 Å². The molecule has 0 saturated heterocycles. The largest absolute Gasteiger partial charge is 0.508 e. The molecule has 0 amide bonds. The normalized spacial score (nSPS) is 12.6. The first kappa shape index (κ1) is 11.2. The summed E-state index contributed by atoms with van der Waals surface area (Å²) in [5.74, 6) is 0.100. The van der Waals surface area contributed by atoms with Gasteiger partial charge in [-0.3, -0.25) is 9.78 Å². The van der Waals surface area contributed by atoms with Gasteiger partial charge in [0.25, 0.3) is 0 Å². The Labute approximate surface area is 115 Å². The second kappa shape index (κ2) is 3.67. The third-order valence-corrected chi connectivity index (χ3v) is 3.88. The summed E-state index contributed by atoms with van der Waals surface area (Å²) in [6.45, 7) is 1.83. The minimum Gasteiger partial charge on any atom is -0.508 e. The highest BCUT2D eigenvalue weighted by Gasteiger charge is 2.26. The lowest BCUT2D eigenvalue weighted by Gasteiger charge is -2.20. The van der Waals surface area contributed by atoms with Crippen molar-refractivity contribution in [1.29, 1.82) is 0 Å². The topological polar surface area (TPSA) is 50.2 Å². The number of hydrogen-bond donors (Lipinski definition) is 1. The predicted octanol–water partition coefficient (Wildman–Crippen LogP) is 3.46. The molecule has 0 fully saturated rings. The molecule has 3 heteroatoms. The number of carbonyl (C=O) groups excluding carboxylic acids is 1. The molecule has 1 N–H and O–H groups in total. The van der Waals surface area contributed by atoms with Crippen molar-refractivity contribution in [2.45, 2.75) is 6.92 Å². The second-order valence-corrected chi connectivity index (χ2v) is 5.07. The molecule has 1 aromatic heterocycles. The molecule has 4 rings (SSSR count). The molecule has 1 aliphatic rings. The Morgan fingerprint density at radius 3 is 2.70 bits per heavy atom. The van der Waals surface area contributed by atoms with E-state index in [-0.39, 0.29) is 11.5 Å². The number of benzene rings is 2. The average Bonchev–Trinajstić information content (AvgIpc) is 2.46. The van der Waals surface area contributed by atoms with Gasteiger partial charge in [0, 0.05) is 22.7 Å². The zero-order chi connectivity index (χ0) is 13.9. The molecule has 0 saturated carbocycles. The maximum absolute atomic E-state index is 12.6. The van der Waals surface area contributed by atoms with E-state index in [1.807, 2.05) is 37.3 Å². The van der Waals surface area contributed by atoms with Crippen molar-refractivity contribution in [2.24, 2.45) is 0 Å². The number of phenolic OH excluding ortho intramolecular Hbond substituents is 1. The van der Waals surface area contributed by atoms with Crippen LogP contribution in [0, 0.1) is 6.92 Å². The van der Waals surface area contributed by atoms with E-state index in [9.17, 15) is 9.90 Å². The molecule has 0 atom stereocenters. The maximum Gasteiger partial charge on any atom is 0.194 e. The molecule has 3 nitrogen and oxygen atoms in total. The Kier molecular flexibility index (Phi) is 2.05. The van der Waals surface area contributed by atoms with Gasteiger partial charge in [-0.25, -0.2) is 0 Å². The number of aryl methyl sites for hydroxylation is 1. The van der Waals surface area contributed by atoms with Crippen molar-refractivity contribution in [3.8, 4) is 16.9 Å². The number of carbonyl (C=O) groups is 1. The number of aromatic hydroxyl groups is 1. The smallest absolute Gasteiger partial charge is 0.194 e. The van der Waals surface area contributed by atoms with Crippen LogP contribution in [0.25, 0.3) is 22.0 Å². The van der Waals surface area contributed by atoms with Crippen LogP contribution in [0.3, 0.4) is 0 Å². The van der Waals surface area contributed by atoms with E-state index in [2.05, 4.69) is 4.98 Å². The molecule has 0 aliphatic heterocycles. The number of ketones is 1. The van der Waals surface area contributed by atoms with Crippen LogP contribution in [0.15, 0.2) is 42.6 Å². The van der Waals surface area contributed by atoms with Crippen molar-refractivity contribution < 1.29 is 9.90 Å². The molecule has 20 heavy (non-hydrogen) atoms. The highest BCUT2D eigenvalue weighted by atomic mass is 16.3. The lowest BCUT2D eigenvalue weighted by molar-refractivity contribution is 0.104. The quantitative estimate of drug-likeness (QED) is 0.527. The lowest BCUT2D eigenvalue weighted by Crippen LogP contribution is -2.10. The first-order chi connectivity index (χ1) is 9.66. The van der Waals surface area contributed by atoms with Gasteiger partial charge in [0.2, 0.25) is 0 Å². The molecule has 1 heterocycles. The van der Waals surface area contributed by atoms with Crippen LogP contribution in [0.5, 0.6) is 5.75 Å². The highest BCUT2D eigenvalue weighted by Crippen LogP contribution is 2.40. The summed E-state index contributed by atoms with van der Waals surface area (Å²) in [4.78, 5) is 16.9. The Hall–Kier alpha value is -2.68. The Balaban J connectivity index is 2.23. The van der Waals surface area contributed by atoms with Crippen molar-refractivity contribution in [2.75, 3.05) is 0 Å². The van der Waals surface area contributed by atoms with Crippen LogP contribution in [0.2, 0.25) is 0 Å². The van der Waals surface area contributed by atoms with Gasteiger partial charge >= 0.3 is 0 Å². The van der Waals surface area contributed by atoms with Gasteiger partial charge < -0.3 is 5.11 Å². The molecule has 3 aromatic rings. The highest BCUT2D eigenvalue weighted by molar-refractivity contribution is 6.25. The van der Waals surface area contributed by atoms with Crippen molar-refractivity contribution >= 4 is 16.7 Å². The number of pyridine rings is 1. The second-order valence-electron chi connectivity index (χ2n) is 5.07. The third kappa shape index (κ3) is 1.29. The van der Waals surface area contributed by atoms with Crippen LogP contribution in [0.1, 0.15) is 21.5 Å². The van der Waals surface area contributed by atoms with Crippen molar-refractivity contribution in [3.05, 3.63) is 59.3 Å². The van der Waals surface area contributed by atoms with E-state index in [0.717, 1.165) is 27.6 Å². The number of nitrogens with zero attached hydrogens (tertiary/aromatic N) is 1. The summed E-state index contributed by atoms with van der Waals surface area (Å²) in [6.07, 6.45) is 1.75. The van der Waals surface area contributed by atoms with E-state index in [4.69, 9.17) is 0 Å². The van der Waals surface area contributed by atoms with E-state index in [1.54, 1.807) is 12.3 Å². The average molecular weight is 261 g/mol. The Bertz CT molecular complexity index is 892. The minimum absolute atomic E-state index is 0.0543. The first-order valence-corrected chi connectivity index (χ1v) is 6.43. The van der Waals surface area contributed by atoms with Crippen LogP contribution in [-0.4, -0.2) is 15.9 Å². The van der Waals surface area contributed by atoms with Crippen molar-refractivity contribution in [1.82, 2.24) is 4.98 Å². The monoisotopic (exact) mass is 261 g/mol. The summed E-state index contributed by atoms with van der Waals surface area (Å²) < 4.78 is 0. The zero-order valence-corrected chi connectivity index (χ0v) is 10.8. The number of phenols is 1. The van der Waals surface area contributed by atoms with E-state index in [0.29, 0.717) is 11.1 Å². The number of rotatable bonds is 0. The fourth-order valence-electron chi connectivity index (χ4n) is 2.87. The van der Waals surface area contributed by atoms with Crippen LogP contribution in [-0.2, 0) is 0 Å². The van der Waals surface area contributed by atoms with E-state index < -0.39 is 0 Å². The van der Waals surface area contributed by atoms with Gasteiger partial charge in [-0.2, -0.15) is 0 Å². The van der Waals surface area contributed by atoms with Crippen LogP contribution >= 0.6 is 0 Å². The molecule has 0 bridgehead atoms. The van der Waals surface area contributed by atoms with Crippen LogP contribution in [0.4, 0.5) is 0 Å². The molecule has 96 valence electrons. The third-order valence-electron chi connectivity index (χ3n) is 3.88. The Morgan fingerprint density at radius 2 is 1.85 bits per heavy atom. The summed E-state index contributed by atoms with van der Waals surface area (Å²) in [6, 6.07) is 10.9. The number of hydrogen-bond acceptors (Lipinski definition) is 3. The fourth-order valence-corrected chi connectivity index (χ4v) is 2.87. The summed E-state index contributed by atoms with van der Waals surface area (Å²) in [7, 11) is 0.